The van der Waals surface area contributed by atoms with Crippen LogP contribution in [0.1, 0.15) is 11.1 Å². The van der Waals surface area contributed by atoms with E-state index in [2.05, 4.69) is 15.3 Å². The number of nitrogens with two attached hydrogens (primary N) is 1. The highest BCUT2D eigenvalue weighted by atomic mass is 35.5. The van der Waals surface area contributed by atoms with E-state index in [4.69, 9.17) is 26.8 Å². The molecule has 0 bridgehead atoms. The smallest absolute Gasteiger partial charge is 0.417 e. The molecule has 0 saturated carbocycles. The van der Waals surface area contributed by atoms with Crippen molar-refractivity contribution < 1.29 is 22.6 Å². The molecule has 0 unspecified atom stereocenters. The summed E-state index contributed by atoms with van der Waals surface area (Å²) >= 11 is 5.82. The topological polar surface area (TPSA) is 81.8 Å². The van der Waals surface area contributed by atoms with E-state index in [1.54, 1.807) is 18.2 Å². The lowest BCUT2D eigenvalue weighted by Crippen LogP contribution is -2.23. The molecule has 3 N–H and O–H groups in total. The van der Waals surface area contributed by atoms with Crippen molar-refractivity contribution in [3.05, 3.63) is 46.6 Å². The van der Waals surface area contributed by atoms with Crippen molar-refractivity contribution in [2.75, 3.05) is 19.5 Å². The van der Waals surface area contributed by atoms with Crippen molar-refractivity contribution in [3.63, 3.8) is 0 Å². The van der Waals surface area contributed by atoms with Gasteiger partial charge in [-0.15, -0.1) is 0 Å². The number of rotatable bonds is 5. The molecule has 2 rings (SSSR count). The van der Waals surface area contributed by atoms with Crippen LogP contribution in [0.4, 0.5) is 19.0 Å². The van der Waals surface area contributed by atoms with Crippen molar-refractivity contribution in [1.82, 2.24) is 4.98 Å². The van der Waals surface area contributed by atoms with Gasteiger partial charge in [-0.2, -0.15) is 13.2 Å². The van der Waals surface area contributed by atoms with Crippen LogP contribution < -0.4 is 20.5 Å². The second-order valence-electron chi connectivity index (χ2n) is 5.02. The number of nitrogens with zero attached hydrogens (tertiary/aromatic N) is 2. The molecule has 0 saturated heterocycles. The molecule has 26 heavy (non-hydrogen) atoms. The van der Waals surface area contributed by atoms with Crippen LogP contribution in [0.5, 0.6) is 11.5 Å². The van der Waals surface area contributed by atoms with Crippen LogP contribution in [0, 0.1) is 0 Å². The van der Waals surface area contributed by atoms with Crippen molar-refractivity contribution >= 4 is 23.4 Å². The van der Waals surface area contributed by atoms with E-state index in [9.17, 15) is 13.2 Å². The average molecular weight is 389 g/mol. The fourth-order valence-corrected chi connectivity index (χ4v) is 2.31. The maximum Gasteiger partial charge on any atom is 0.417 e. The molecule has 0 spiro atoms. The van der Waals surface area contributed by atoms with Gasteiger partial charge in [-0.25, -0.2) is 9.98 Å². The predicted octanol–water partition coefficient (Wildman–Crippen LogP) is 3.70. The fraction of sp³-hybridized carbons (Fsp3) is 0.250. The number of alkyl halides is 3. The van der Waals surface area contributed by atoms with Gasteiger partial charge in [-0.05, 0) is 18.2 Å². The number of aromatic nitrogens is 1. The van der Waals surface area contributed by atoms with E-state index in [-0.39, 0.29) is 23.3 Å². The van der Waals surface area contributed by atoms with Gasteiger partial charge >= 0.3 is 6.18 Å². The number of methoxy groups -OCH3 is 2. The van der Waals surface area contributed by atoms with Gasteiger partial charge in [0.15, 0.2) is 11.8 Å². The SMILES string of the molecule is COc1cccc(OC)c1CN=C(N)Nc1ncc(C(F)(F)F)cc1Cl. The minimum Gasteiger partial charge on any atom is -0.496 e. The Morgan fingerprint density at radius 1 is 1.27 bits per heavy atom. The van der Waals surface area contributed by atoms with Gasteiger partial charge in [-0.3, -0.25) is 0 Å². The number of benzene rings is 1. The minimum absolute atomic E-state index is 0.0343. The summed E-state index contributed by atoms with van der Waals surface area (Å²) in [4.78, 5) is 7.76. The second-order valence-corrected chi connectivity index (χ2v) is 5.43. The summed E-state index contributed by atoms with van der Waals surface area (Å²) in [7, 11) is 3.02. The molecule has 0 amide bonds. The first-order chi connectivity index (χ1) is 12.3. The molecule has 1 heterocycles. The lowest BCUT2D eigenvalue weighted by molar-refractivity contribution is -0.137. The van der Waals surface area contributed by atoms with Gasteiger partial charge in [0.2, 0.25) is 0 Å². The Morgan fingerprint density at radius 3 is 2.38 bits per heavy atom. The molecule has 0 aliphatic rings. The zero-order valence-corrected chi connectivity index (χ0v) is 14.6. The maximum absolute atomic E-state index is 12.6. The molecule has 1 aromatic carbocycles. The Hall–Kier alpha value is -2.68. The maximum atomic E-state index is 12.6. The van der Waals surface area contributed by atoms with Crippen molar-refractivity contribution in [2.24, 2.45) is 10.7 Å². The number of halogens is 4. The molecule has 0 fully saturated rings. The van der Waals surface area contributed by atoms with Crippen molar-refractivity contribution in [3.8, 4) is 11.5 Å². The van der Waals surface area contributed by atoms with Gasteiger partial charge in [0.1, 0.15) is 11.5 Å². The van der Waals surface area contributed by atoms with E-state index in [1.807, 2.05) is 0 Å². The zero-order chi connectivity index (χ0) is 19.3. The van der Waals surface area contributed by atoms with Crippen LogP contribution in [0.2, 0.25) is 5.02 Å². The first kappa shape index (κ1) is 19.6. The number of hydrogen-bond acceptors (Lipinski definition) is 4. The van der Waals surface area contributed by atoms with E-state index in [1.165, 1.54) is 14.2 Å². The third-order valence-electron chi connectivity index (χ3n) is 3.35. The standard InChI is InChI=1S/C16H16ClF3N4O2/c1-25-12-4-3-5-13(26-2)10(12)8-23-15(21)24-14-11(17)6-9(7-22-14)16(18,19)20/h3-7H,8H2,1-2H3,(H3,21,22,23,24). The summed E-state index contributed by atoms with van der Waals surface area (Å²) in [6.45, 7) is 0.115. The molecule has 0 aliphatic heterocycles. The summed E-state index contributed by atoms with van der Waals surface area (Å²) in [6.07, 6.45) is -3.88. The number of pyridine rings is 1. The molecule has 1 aromatic heterocycles. The number of aliphatic imine (C=N–C) groups is 1. The van der Waals surface area contributed by atoms with Gasteiger partial charge < -0.3 is 20.5 Å². The van der Waals surface area contributed by atoms with E-state index >= 15 is 0 Å². The Bertz CT molecular complexity index is 790. The van der Waals surface area contributed by atoms with E-state index in [0.717, 1.165) is 6.07 Å². The normalized spacial score (nSPS) is 12.0. The van der Waals surface area contributed by atoms with Gasteiger partial charge in [0, 0.05) is 6.20 Å². The van der Waals surface area contributed by atoms with Crippen LogP contribution in [-0.2, 0) is 12.7 Å². The highest BCUT2D eigenvalue weighted by Crippen LogP contribution is 2.32. The number of hydrogen-bond donors (Lipinski definition) is 2. The van der Waals surface area contributed by atoms with Gasteiger partial charge in [0.05, 0.1) is 36.9 Å². The molecule has 10 heteroatoms. The molecular formula is C16H16ClF3N4O2. The summed E-state index contributed by atoms with van der Waals surface area (Å²) < 4.78 is 48.4. The Labute approximate surface area is 152 Å². The first-order valence-corrected chi connectivity index (χ1v) is 7.63. The molecule has 140 valence electrons. The van der Waals surface area contributed by atoms with Crippen molar-refractivity contribution in [2.45, 2.75) is 12.7 Å². The summed E-state index contributed by atoms with van der Waals surface area (Å²) in [5.41, 5.74) is 5.47. The van der Waals surface area contributed by atoms with Crippen molar-refractivity contribution in [1.29, 1.82) is 0 Å². The lowest BCUT2D eigenvalue weighted by Gasteiger charge is -2.12. The first-order valence-electron chi connectivity index (χ1n) is 7.25. The molecular weight excluding hydrogens is 373 g/mol. The third-order valence-corrected chi connectivity index (χ3v) is 3.64. The van der Waals surface area contributed by atoms with Gasteiger partial charge in [-0.1, -0.05) is 17.7 Å². The Morgan fingerprint density at radius 2 is 1.88 bits per heavy atom. The summed E-state index contributed by atoms with van der Waals surface area (Å²) in [6, 6.07) is 6.00. The largest absolute Gasteiger partial charge is 0.496 e. The molecule has 0 atom stereocenters. The quantitative estimate of drug-likeness (QED) is 0.603. The number of ether oxygens (including phenoxy) is 2. The van der Waals surface area contributed by atoms with Crippen LogP contribution in [0.25, 0.3) is 0 Å². The third kappa shape index (κ3) is 4.69. The van der Waals surface area contributed by atoms with Gasteiger partial charge in [0.25, 0.3) is 0 Å². The highest BCUT2D eigenvalue weighted by Gasteiger charge is 2.31. The Kier molecular flexibility index (Phi) is 6.14. The number of nitrogens with one attached hydrogen (secondary N) is 1. The number of guanidine groups is 1. The minimum atomic E-state index is -4.53. The number of anilines is 1. The van der Waals surface area contributed by atoms with Crippen LogP contribution in [0.15, 0.2) is 35.5 Å². The average Bonchev–Trinajstić information content (AvgIpc) is 2.60. The lowest BCUT2D eigenvalue weighted by atomic mass is 10.2. The molecule has 0 aliphatic carbocycles. The second kappa shape index (κ2) is 8.13. The van der Waals surface area contributed by atoms with E-state index in [0.29, 0.717) is 23.3 Å². The summed E-state index contributed by atoms with van der Waals surface area (Å²) in [5, 5.41) is 2.34. The highest BCUT2D eigenvalue weighted by molar-refractivity contribution is 6.33. The molecule has 2 aromatic rings. The van der Waals surface area contributed by atoms with Crippen LogP contribution in [0.3, 0.4) is 0 Å². The van der Waals surface area contributed by atoms with Crippen LogP contribution >= 0.6 is 11.6 Å². The van der Waals surface area contributed by atoms with E-state index < -0.39 is 11.7 Å². The summed E-state index contributed by atoms with van der Waals surface area (Å²) in [5.74, 6) is 1.01. The molecule has 0 radical (unpaired) electrons. The molecule has 6 nitrogen and oxygen atoms in total. The predicted molar refractivity (Wildman–Crippen MR) is 92.7 cm³/mol. The fourth-order valence-electron chi connectivity index (χ4n) is 2.09. The monoisotopic (exact) mass is 388 g/mol. The van der Waals surface area contributed by atoms with Crippen LogP contribution in [-0.4, -0.2) is 25.2 Å². The zero-order valence-electron chi connectivity index (χ0n) is 13.9. The Balaban J connectivity index is 2.17.